The summed E-state index contributed by atoms with van der Waals surface area (Å²) in [6, 6.07) is 5.79. The molecular formula is C14H18N6O3S. The van der Waals surface area contributed by atoms with Gasteiger partial charge >= 0.3 is 6.03 Å². The maximum atomic E-state index is 11.8. The first-order chi connectivity index (χ1) is 11.5. The number of aromatic nitrogens is 4. The van der Waals surface area contributed by atoms with Gasteiger partial charge in [-0.25, -0.2) is 4.79 Å². The molecule has 0 spiro atoms. The summed E-state index contributed by atoms with van der Waals surface area (Å²) in [5, 5.41) is 25.9. The van der Waals surface area contributed by atoms with E-state index in [1.807, 2.05) is 13.8 Å². The predicted molar refractivity (Wildman–Crippen MR) is 88.0 cm³/mol. The third-order valence-electron chi connectivity index (χ3n) is 3.11. The maximum Gasteiger partial charge on any atom is 0.321 e. The summed E-state index contributed by atoms with van der Waals surface area (Å²) in [7, 11) is 0. The lowest BCUT2D eigenvalue weighted by Crippen LogP contribution is -2.43. The third-order valence-corrected chi connectivity index (χ3v) is 4.03. The van der Waals surface area contributed by atoms with Crippen LogP contribution in [0, 0.1) is 0 Å². The number of rotatable bonds is 6. The largest absolute Gasteiger partial charge is 0.508 e. The molecular weight excluding hydrogens is 332 g/mol. The van der Waals surface area contributed by atoms with E-state index in [0.717, 1.165) is 18.2 Å². The van der Waals surface area contributed by atoms with E-state index < -0.39 is 11.9 Å². The van der Waals surface area contributed by atoms with Crippen LogP contribution in [0.3, 0.4) is 0 Å². The van der Waals surface area contributed by atoms with Crippen LogP contribution < -0.4 is 10.6 Å². The van der Waals surface area contributed by atoms with Gasteiger partial charge in [0.1, 0.15) is 5.75 Å². The number of carbonyl (C=O) groups is 2. The summed E-state index contributed by atoms with van der Waals surface area (Å²) < 4.78 is 1.44. The molecule has 0 saturated carbocycles. The van der Waals surface area contributed by atoms with Crippen molar-refractivity contribution in [1.29, 1.82) is 0 Å². The van der Waals surface area contributed by atoms with Crippen LogP contribution >= 0.6 is 11.8 Å². The normalized spacial score (nSPS) is 11.8. The molecule has 1 heterocycles. The van der Waals surface area contributed by atoms with Crippen LogP contribution in [0.4, 0.5) is 4.79 Å². The van der Waals surface area contributed by atoms with Crippen molar-refractivity contribution in [3.63, 3.8) is 0 Å². The number of phenolic OH excluding ortho intramolecular Hbond substituents is 1. The molecule has 1 aromatic carbocycles. The van der Waals surface area contributed by atoms with Crippen LogP contribution in [0.1, 0.15) is 20.3 Å². The molecule has 24 heavy (non-hydrogen) atoms. The van der Waals surface area contributed by atoms with Crippen molar-refractivity contribution < 1.29 is 14.7 Å². The van der Waals surface area contributed by atoms with Crippen LogP contribution in [0.5, 0.6) is 5.75 Å². The van der Waals surface area contributed by atoms with Gasteiger partial charge in [-0.3, -0.25) is 10.1 Å². The van der Waals surface area contributed by atoms with E-state index in [0.29, 0.717) is 10.8 Å². The molecule has 0 aliphatic rings. The van der Waals surface area contributed by atoms with Gasteiger partial charge in [-0.1, -0.05) is 18.7 Å². The Kier molecular flexibility index (Phi) is 6.13. The fraction of sp³-hybridized carbons (Fsp3) is 0.357. The van der Waals surface area contributed by atoms with E-state index in [4.69, 9.17) is 0 Å². The van der Waals surface area contributed by atoms with E-state index in [1.54, 1.807) is 12.1 Å². The second-order valence-corrected chi connectivity index (χ2v) is 5.95. The van der Waals surface area contributed by atoms with Gasteiger partial charge in [-0.05, 0) is 48.0 Å². The van der Waals surface area contributed by atoms with E-state index in [9.17, 15) is 14.7 Å². The van der Waals surface area contributed by atoms with Crippen molar-refractivity contribution in [1.82, 2.24) is 30.8 Å². The molecule has 0 aliphatic carbocycles. The zero-order valence-corrected chi connectivity index (χ0v) is 14.1. The number of carbonyl (C=O) groups excluding carboxylic acids is 2. The Labute approximate surface area is 142 Å². The number of tetrazole rings is 1. The minimum atomic E-state index is -0.520. The van der Waals surface area contributed by atoms with E-state index in [2.05, 4.69) is 26.2 Å². The van der Waals surface area contributed by atoms with Crippen molar-refractivity contribution in [3.8, 4) is 11.4 Å². The SMILES string of the molecule is CC[C@H](C)NC(=O)NC(=O)CSc1nnnn1-c1ccc(O)cc1. The quantitative estimate of drug-likeness (QED) is 0.666. The zero-order chi connectivity index (χ0) is 17.5. The molecule has 128 valence electrons. The minimum Gasteiger partial charge on any atom is -0.508 e. The van der Waals surface area contributed by atoms with Gasteiger partial charge < -0.3 is 10.4 Å². The van der Waals surface area contributed by atoms with Gasteiger partial charge in [0.15, 0.2) is 0 Å². The number of phenols is 1. The fourth-order valence-corrected chi connectivity index (χ4v) is 2.37. The van der Waals surface area contributed by atoms with Crippen LogP contribution in [-0.2, 0) is 4.79 Å². The molecule has 2 rings (SSSR count). The number of aromatic hydroxyl groups is 1. The van der Waals surface area contributed by atoms with Gasteiger partial charge in [0, 0.05) is 6.04 Å². The molecule has 0 saturated heterocycles. The standard InChI is InChI=1S/C14H18N6O3S/c1-3-9(2)15-13(23)16-12(22)8-24-14-17-18-19-20(14)10-4-6-11(21)7-5-10/h4-7,9,21H,3,8H2,1-2H3,(H2,15,16,22,23)/t9-/m0/s1. The Balaban J connectivity index is 1.91. The van der Waals surface area contributed by atoms with Crippen LogP contribution in [-0.4, -0.2) is 49.0 Å². The molecule has 10 heteroatoms. The van der Waals surface area contributed by atoms with E-state index in [1.165, 1.54) is 16.8 Å². The maximum absolute atomic E-state index is 11.8. The summed E-state index contributed by atoms with van der Waals surface area (Å²) >= 11 is 1.10. The van der Waals surface area contributed by atoms with E-state index >= 15 is 0 Å². The second-order valence-electron chi connectivity index (χ2n) is 5.01. The Bertz CT molecular complexity index is 703. The Morgan fingerprint density at radius 2 is 2.04 bits per heavy atom. The summed E-state index contributed by atoms with van der Waals surface area (Å²) in [4.78, 5) is 23.4. The topological polar surface area (TPSA) is 122 Å². The molecule has 0 bridgehead atoms. The molecule has 0 radical (unpaired) electrons. The van der Waals surface area contributed by atoms with Crippen molar-refractivity contribution in [2.24, 2.45) is 0 Å². The highest BCUT2D eigenvalue weighted by molar-refractivity contribution is 7.99. The number of urea groups is 1. The number of hydrogen-bond acceptors (Lipinski definition) is 7. The first-order valence-electron chi connectivity index (χ1n) is 7.30. The number of amides is 3. The van der Waals surface area contributed by atoms with Gasteiger partial charge in [0.2, 0.25) is 11.1 Å². The summed E-state index contributed by atoms with van der Waals surface area (Å²) in [5.41, 5.74) is 0.648. The predicted octanol–water partition coefficient (Wildman–Crippen LogP) is 1.08. The number of hydrogen-bond donors (Lipinski definition) is 3. The van der Waals surface area contributed by atoms with Crippen LogP contribution in [0.2, 0.25) is 0 Å². The molecule has 2 aromatic rings. The summed E-state index contributed by atoms with van der Waals surface area (Å²) in [6.07, 6.45) is 0.776. The lowest BCUT2D eigenvalue weighted by molar-refractivity contribution is -0.117. The van der Waals surface area contributed by atoms with Gasteiger partial charge in [-0.2, -0.15) is 4.68 Å². The number of imide groups is 1. The van der Waals surface area contributed by atoms with Gasteiger partial charge in [0.25, 0.3) is 0 Å². The van der Waals surface area contributed by atoms with Crippen molar-refractivity contribution in [2.45, 2.75) is 31.5 Å². The Morgan fingerprint density at radius 3 is 2.71 bits per heavy atom. The third kappa shape index (κ3) is 4.95. The minimum absolute atomic E-state index is 0.00718. The molecule has 1 atom stereocenters. The monoisotopic (exact) mass is 350 g/mol. The highest BCUT2D eigenvalue weighted by Gasteiger charge is 2.14. The fourth-order valence-electron chi connectivity index (χ4n) is 1.68. The van der Waals surface area contributed by atoms with E-state index in [-0.39, 0.29) is 17.5 Å². The first kappa shape index (κ1) is 17.7. The lowest BCUT2D eigenvalue weighted by Gasteiger charge is -2.11. The number of nitrogens with zero attached hydrogens (tertiary/aromatic N) is 4. The second kappa shape index (κ2) is 8.29. The zero-order valence-electron chi connectivity index (χ0n) is 13.3. The summed E-state index contributed by atoms with van der Waals surface area (Å²) in [5.74, 6) is -0.319. The van der Waals surface area contributed by atoms with Gasteiger partial charge in [-0.15, -0.1) is 5.10 Å². The average Bonchev–Trinajstić information content (AvgIpc) is 3.02. The summed E-state index contributed by atoms with van der Waals surface area (Å²) in [6.45, 7) is 3.79. The molecule has 3 amide bonds. The highest BCUT2D eigenvalue weighted by Crippen LogP contribution is 2.19. The smallest absolute Gasteiger partial charge is 0.321 e. The van der Waals surface area contributed by atoms with Crippen molar-refractivity contribution in [3.05, 3.63) is 24.3 Å². The Hall–Kier alpha value is -2.62. The number of nitrogens with one attached hydrogen (secondary N) is 2. The number of benzene rings is 1. The molecule has 9 nitrogen and oxygen atoms in total. The highest BCUT2D eigenvalue weighted by atomic mass is 32.2. The van der Waals surface area contributed by atoms with Crippen molar-refractivity contribution >= 4 is 23.7 Å². The molecule has 1 aromatic heterocycles. The Morgan fingerprint density at radius 1 is 1.33 bits per heavy atom. The molecule has 0 unspecified atom stereocenters. The lowest BCUT2D eigenvalue weighted by atomic mass is 10.3. The van der Waals surface area contributed by atoms with Crippen molar-refractivity contribution in [2.75, 3.05) is 5.75 Å². The van der Waals surface area contributed by atoms with Crippen LogP contribution in [0.25, 0.3) is 5.69 Å². The van der Waals surface area contributed by atoms with Crippen LogP contribution in [0.15, 0.2) is 29.4 Å². The molecule has 0 fully saturated rings. The average molecular weight is 350 g/mol. The first-order valence-corrected chi connectivity index (χ1v) is 8.29. The number of thioether (sulfide) groups is 1. The molecule has 3 N–H and O–H groups in total. The molecule has 0 aliphatic heterocycles. The van der Waals surface area contributed by atoms with Gasteiger partial charge in [0.05, 0.1) is 11.4 Å².